The van der Waals surface area contributed by atoms with E-state index in [2.05, 4.69) is 15.5 Å². The van der Waals surface area contributed by atoms with Crippen molar-refractivity contribution in [2.75, 3.05) is 5.32 Å². The van der Waals surface area contributed by atoms with E-state index >= 15 is 0 Å². The maximum atomic E-state index is 12.8. The zero-order chi connectivity index (χ0) is 18.9. The molecule has 5 nitrogen and oxygen atoms in total. The molecule has 2 N–H and O–H groups in total. The van der Waals surface area contributed by atoms with E-state index in [0.717, 1.165) is 0 Å². The Balaban J connectivity index is 2.55. The molecule has 2 rings (SSSR count). The summed E-state index contributed by atoms with van der Waals surface area (Å²) in [6.45, 7) is 0. The van der Waals surface area contributed by atoms with Crippen LogP contribution in [-0.4, -0.2) is 20.9 Å². The highest BCUT2D eigenvalue weighted by Crippen LogP contribution is 2.41. The lowest BCUT2D eigenvalue weighted by molar-refractivity contribution is -0.137. The first-order valence-electron chi connectivity index (χ1n) is 6.20. The quantitative estimate of drug-likeness (QED) is 0.669. The maximum absolute atomic E-state index is 12.8. The number of benzene rings is 1. The third kappa shape index (κ3) is 4.12. The number of rotatable bonds is 3. The normalized spacial score (nSPS) is 11.5. The van der Waals surface area contributed by atoms with Crippen LogP contribution in [0.2, 0.25) is 10.0 Å². The molecule has 0 spiro atoms. The lowest BCUT2D eigenvalue weighted by atomic mass is 10.1. The molecule has 0 aliphatic heterocycles. The molecule has 1 heterocycles. The summed E-state index contributed by atoms with van der Waals surface area (Å²) in [4.78, 5) is 10.1. The minimum Gasteiger partial charge on any atom is -0.308 e. The van der Waals surface area contributed by atoms with Crippen LogP contribution < -0.4 is 5.32 Å². The Hall–Kier alpha value is -1.66. The highest BCUT2D eigenvalue weighted by Gasteiger charge is 2.33. The van der Waals surface area contributed by atoms with Gasteiger partial charge in [0, 0.05) is 5.56 Å². The number of halogens is 7. The third-order valence-corrected chi connectivity index (χ3v) is 3.92. The Morgan fingerprint density at radius 3 is 2.28 bits per heavy atom. The van der Waals surface area contributed by atoms with Crippen LogP contribution in [0, 0.1) is 11.3 Å². The van der Waals surface area contributed by atoms with Crippen LogP contribution in [0.25, 0.3) is 11.3 Å². The molecule has 12 heteroatoms. The largest absolute Gasteiger partial charge is 0.416 e. The zero-order valence-corrected chi connectivity index (χ0v) is 14.7. The molecule has 0 fully saturated rings. The number of H-pyrrole nitrogens is 1. The van der Waals surface area contributed by atoms with Gasteiger partial charge in [-0.25, -0.2) is 0 Å². The Morgan fingerprint density at radius 2 is 1.84 bits per heavy atom. The molecule has 0 aliphatic rings. The van der Waals surface area contributed by atoms with Gasteiger partial charge < -0.3 is 5.32 Å². The summed E-state index contributed by atoms with van der Waals surface area (Å²) < 4.78 is 38.4. The summed E-state index contributed by atoms with van der Waals surface area (Å²) in [6, 6.07) is 3.07. The van der Waals surface area contributed by atoms with E-state index in [1.807, 2.05) is 0 Å². The van der Waals surface area contributed by atoms with E-state index in [0.29, 0.717) is 12.1 Å². The van der Waals surface area contributed by atoms with E-state index in [1.54, 1.807) is 6.07 Å². The van der Waals surface area contributed by atoms with E-state index in [-0.39, 0.29) is 32.7 Å². The van der Waals surface area contributed by atoms with E-state index in [9.17, 15) is 23.2 Å². The molecular weight excluding hydrogens is 427 g/mol. The standard InChI is InChI=1S/C13H5Cl4F3N4O/c14-6-1-4(13(18,19)20)2-7(15)8(6)9-5(3-21)11(24-23-9)22-12(25)10(16)17/h1-2,10H,(H2,22,23,24,25). The fraction of sp³-hybridized carbons (Fsp3) is 0.154. The van der Waals surface area contributed by atoms with Gasteiger partial charge in [0.05, 0.1) is 15.6 Å². The first-order chi connectivity index (χ1) is 11.6. The number of nitrogens with one attached hydrogen (secondary N) is 2. The Kier molecular flexibility index (Phi) is 5.74. The number of hydrogen-bond acceptors (Lipinski definition) is 3. The second-order valence-electron chi connectivity index (χ2n) is 4.54. The second-order valence-corrected chi connectivity index (χ2v) is 6.45. The van der Waals surface area contributed by atoms with Gasteiger partial charge in [-0.1, -0.05) is 46.4 Å². The van der Waals surface area contributed by atoms with Gasteiger partial charge in [-0.3, -0.25) is 9.89 Å². The SMILES string of the molecule is N#Cc1c(-c2c(Cl)cc(C(F)(F)F)cc2Cl)n[nH]c1NC(=O)C(Cl)Cl. The number of alkyl halides is 5. The highest BCUT2D eigenvalue weighted by atomic mass is 35.5. The van der Waals surface area contributed by atoms with Crippen LogP contribution in [0.5, 0.6) is 0 Å². The fourth-order valence-corrected chi connectivity index (χ4v) is 2.64. The molecule has 0 aliphatic carbocycles. The summed E-state index contributed by atoms with van der Waals surface area (Å²) in [6.07, 6.45) is -4.65. The zero-order valence-electron chi connectivity index (χ0n) is 11.7. The maximum Gasteiger partial charge on any atom is 0.416 e. The Morgan fingerprint density at radius 1 is 1.28 bits per heavy atom. The van der Waals surface area contributed by atoms with Crippen molar-refractivity contribution in [1.29, 1.82) is 5.26 Å². The second kappa shape index (κ2) is 7.30. The van der Waals surface area contributed by atoms with Gasteiger partial charge in [-0.2, -0.15) is 23.5 Å². The molecule has 132 valence electrons. The van der Waals surface area contributed by atoms with Gasteiger partial charge in [0.1, 0.15) is 23.1 Å². The van der Waals surface area contributed by atoms with Crippen molar-refractivity contribution >= 4 is 58.1 Å². The van der Waals surface area contributed by atoms with Crippen molar-refractivity contribution in [1.82, 2.24) is 10.2 Å². The van der Waals surface area contributed by atoms with Crippen molar-refractivity contribution < 1.29 is 18.0 Å². The van der Waals surface area contributed by atoms with Crippen molar-refractivity contribution in [3.05, 3.63) is 33.3 Å². The molecule has 1 aromatic heterocycles. The molecule has 2 aromatic rings. The predicted octanol–water partition coefficient (Wildman–Crippen LogP) is 5.02. The molecule has 0 saturated carbocycles. The van der Waals surface area contributed by atoms with E-state index < -0.39 is 22.5 Å². The molecule has 1 aromatic carbocycles. The average Bonchev–Trinajstić information content (AvgIpc) is 2.87. The number of hydrogen-bond donors (Lipinski definition) is 2. The van der Waals surface area contributed by atoms with Crippen molar-refractivity contribution in [2.24, 2.45) is 0 Å². The topological polar surface area (TPSA) is 81.6 Å². The number of amides is 1. The predicted molar refractivity (Wildman–Crippen MR) is 87.9 cm³/mol. The van der Waals surface area contributed by atoms with Crippen LogP contribution in [0.3, 0.4) is 0 Å². The van der Waals surface area contributed by atoms with Gasteiger partial charge in [0.25, 0.3) is 5.91 Å². The monoisotopic (exact) mass is 430 g/mol. The van der Waals surface area contributed by atoms with Crippen LogP contribution in [-0.2, 0) is 11.0 Å². The summed E-state index contributed by atoms with van der Waals surface area (Å²) in [7, 11) is 0. The number of anilines is 1. The summed E-state index contributed by atoms with van der Waals surface area (Å²) >= 11 is 22.6. The fourth-order valence-electron chi connectivity index (χ4n) is 1.86. The average molecular weight is 432 g/mol. The molecule has 0 atom stereocenters. The van der Waals surface area contributed by atoms with Gasteiger partial charge in [-0.05, 0) is 12.1 Å². The number of nitriles is 1. The number of aromatic nitrogens is 2. The van der Waals surface area contributed by atoms with E-state index in [1.165, 1.54) is 0 Å². The lowest BCUT2D eigenvalue weighted by Gasteiger charge is -2.11. The minimum atomic E-state index is -4.65. The lowest BCUT2D eigenvalue weighted by Crippen LogP contribution is -2.19. The molecular formula is C13H5Cl4F3N4O. The molecule has 0 saturated heterocycles. The minimum absolute atomic E-state index is 0.0991. The Bertz CT molecular complexity index is 850. The van der Waals surface area contributed by atoms with Gasteiger partial charge in [-0.15, -0.1) is 0 Å². The molecule has 1 amide bonds. The van der Waals surface area contributed by atoms with Crippen LogP contribution >= 0.6 is 46.4 Å². The van der Waals surface area contributed by atoms with Crippen LogP contribution in [0.1, 0.15) is 11.1 Å². The van der Waals surface area contributed by atoms with Gasteiger partial charge in [0.15, 0.2) is 4.84 Å². The van der Waals surface area contributed by atoms with Crippen molar-refractivity contribution in [3.8, 4) is 17.3 Å². The highest BCUT2D eigenvalue weighted by molar-refractivity contribution is 6.54. The first kappa shape index (κ1) is 19.7. The number of carbonyl (C=O) groups excluding carboxylic acids is 1. The van der Waals surface area contributed by atoms with Crippen LogP contribution in [0.15, 0.2) is 12.1 Å². The molecule has 25 heavy (non-hydrogen) atoms. The summed E-state index contributed by atoms with van der Waals surface area (Å²) in [5.74, 6) is -0.986. The Labute approximate surface area is 158 Å². The number of carbonyl (C=O) groups is 1. The molecule has 0 bridgehead atoms. The third-order valence-electron chi connectivity index (χ3n) is 2.93. The van der Waals surface area contributed by atoms with Crippen molar-refractivity contribution in [3.63, 3.8) is 0 Å². The smallest absolute Gasteiger partial charge is 0.308 e. The molecule has 0 unspecified atom stereocenters. The van der Waals surface area contributed by atoms with Crippen molar-refractivity contribution in [2.45, 2.75) is 11.0 Å². The number of nitrogens with zero attached hydrogens (tertiary/aromatic N) is 2. The van der Waals surface area contributed by atoms with Crippen LogP contribution in [0.4, 0.5) is 19.0 Å². The summed E-state index contributed by atoms with van der Waals surface area (Å²) in [5.41, 5.74) is -1.49. The van der Waals surface area contributed by atoms with E-state index in [4.69, 9.17) is 46.4 Å². The van der Waals surface area contributed by atoms with Gasteiger partial charge in [0.2, 0.25) is 0 Å². The first-order valence-corrected chi connectivity index (χ1v) is 7.83. The van der Waals surface area contributed by atoms with Gasteiger partial charge >= 0.3 is 6.18 Å². The molecule has 0 radical (unpaired) electrons. The number of aromatic amines is 1. The summed E-state index contributed by atoms with van der Waals surface area (Å²) in [5, 5.41) is 16.9.